The van der Waals surface area contributed by atoms with Crippen LogP contribution < -0.4 is 5.32 Å². The summed E-state index contributed by atoms with van der Waals surface area (Å²) in [7, 11) is 3.97. The van der Waals surface area contributed by atoms with Gasteiger partial charge in [0, 0.05) is 19.1 Å². The minimum absolute atomic E-state index is 0.286. The molecular weight excluding hydrogens is 234 g/mol. The maximum atomic E-state index is 12.0. The van der Waals surface area contributed by atoms with Crippen molar-refractivity contribution >= 4 is 12.0 Å². The second kappa shape index (κ2) is 5.56. The van der Waals surface area contributed by atoms with Gasteiger partial charge in [-0.3, -0.25) is 0 Å². The Bertz CT molecular complexity index is 333. The van der Waals surface area contributed by atoms with Crippen molar-refractivity contribution < 1.29 is 14.7 Å². The maximum absolute atomic E-state index is 12.0. The van der Waals surface area contributed by atoms with Crippen LogP contribution in [0.15, 0.2) is 0 Å². The van der Waals surface area contributed by atoms with Gasteiger partial charge in [-0.1, -0.05) is 6.92 Å². The van der Waals surface area contributed by atoms with Gasteiger partial charge >= 0.3 is 12.0 Å². The average Bonchev–Trinajstić information content (AvgIpc) is 2.77. The average molecular weight is 257 g/mol. The molecule has 6 nitrogen and oxygen atoms in total. The fourth-order valence-electron chi connectivity index (χ4n) is 1.96. The van der Waals surface area contributed by atoms with E-state index in [0.29, 0.717) is 25.6 Å². The monoisotopic (exact) mass is 257 g/mol. The van der Waals surface area contributed by atoms with Gasteiger partial charge in [0.25, 0.3) is 0 Å². The first-order valence-electron chi connectivity index (χ1n) is 6.27. The lowest BCUT2D eigenvalue weighted by Gasteiger charge is -2.28. The fourth-order valence-corrected chi connectivity index (χ4v) is 1.96. The van der Waals surface area contributed by atoms with E-state index in [4.69, 9.17) is 5.11 Å². The van der Waals surface area contributed by atoms with E-state index in [1.807, 2.05) is 14.1 Å². The smallest absolute Gasteiger partial charge is 0.329 e. The van der Waals surface area contributed by atoms with Crippen LogP contribution in [-0.2, 0) is 4.79 Å². The summed E-state index contributed by atoms with van der Waals surface area (Å²) in [6.07, 6.45) is 1.29. The first kappa shape index (κ1) is 14.8. The molecule has 2 amide bonds. The number of carboxylic acids is 1. The van der Waals surface area contributed by atoms with Crippen molar-refractivity contribution in [3.8, 4) is 0 Å². The summed E-state index contributed by atoms with van der Waals surface area (Å²) in [5, 5.41) is 11.7. The lowest BCUT2D eigenvalue weighted by atomic mass is 10.00. The van der Waals surface area contributed by atoms with Crippen LogP contribution in [0.4, 0.5) is 4.79 Å². The van der Waals surface area contributed by atoms with E-state index in [9.17, 15) is 9.59 Å². The number of hydrogen-bond acceptors (Lipinski definition) is 3. The van der Waals surface area contributed by atoms with Gasteiger partial charge in [0.15, 0.2) is 0 Å². The molecule has 2 unspecified atom stereocenters. The molecule has 18 heavy (non-hydrogen) atoms. The number of rotatable bonds is 4. The number of carbonyl (C=O) groups is 2. The molecule has 0 saturated carbocycles. The van der Waals surface area contributed by atoms with E-state index in [1.165, 1.54) is 6.92 Å². The van der Waals surface area contributed by atoms with Crippen LogP contribution in [0.3, 0.4) is 0 Å². The van der Waals surface area contributed by atoms with E-state index in [1.54, 1.807) is 11.8 Å². The topological polar surface area (TPSA) is 72.9 Å². The standard InChI is InChI=1S/C12H23N3O3/c1-5-12(2,10(16)17)13-11(18)15-7-6-9(8-15)14(3)4/h9H,5-8H2,1-4H3,(H,13,18)(H,16,17). The van der Waals surface area contributed by atoms with Crippen LogP contribution in [0.25, 0.3) is 0 Å². The largest absolute Gasteiger partial charge is 0.480 e. The second-order valence-corrected chi connectivity index (χ2v) is 5.27. The Morgan fingerprint density at radius 1 is 1.50 bits per heavy atom. The van der Waals surface area contributed by atoms with Gasteiger partial charge in [0.1, 0.15) is 5.54 Å². The Morgan fingerprint density at radius 2 is 2.11 bits per heavy atom. The summed E-state index contributed by atoms with van der Waals surface area (Å²) >= 11 is 0. The predicted octanol–water partition coefficient (Wildman–Crippen LogP) is 0.585. The molecule has 104 valence electrons. The van der Waals surface area contributed by atoms with Gasteiger partial charge in [-0.05, 0) is 33.9 Å². The molecule has 0 aromatic heterocycles. The van der Waals surface area contributed by atoms with Crippen LogP contribution in [0, 0.1) is 0 Å². The second-order valence-electron chi connectivity index (χ2n) is 5.27. The van der Waals surface area contributed by atoms with Gasteiger partial charge in [-0.2, -0.15) is 0 Å². The summed E-state index contributed by atoms with van der Waals surface area (Å²) in [5.74, 6) is -0.998. The maximum Gasteiger partial charge on any atom is 0.329 e. The molecule has 0 aliphatic carbocycles. The molecule has 0 radical (unpaired) electrons. The molecule has 0 aromatic rings. The quantitative estimate of drug-likeness (QED) is 0.773. The van der Waals surface area contributed by atoms with Crippen molar-refractivity contribution in [3.63, 3.8) is 0 Å². The number of likely N-dealkylation sites (tertiary alicyclic amines) is 1. The van der Waals surface area contributed by atoms with Crippen LogP contribution in [0.2, 0.25) is 0 Å². The van der Waals surface area contributed by atoms with Crippen molar-refractivity contribution in [2.45, 2.75) is 38.3 Å². The summed E-state index contributed by atoms with van der Waals surface area (Å²) < 4.78 is 0. The zero-order chi connectivity index (χ0) is 13.9. The molecule has 1 aliphatic heterocycles. The van der Waals surface area contributed by atoms with Gasteiger partial charge < -0.3 is 20.2 Å². The van der Waals surface area contributed by atoms with Gasteiger partial charge in [0.05, 0.1) is 0 Å². The SMILES string of the molecule is CCC(C)(NC(=O)N1CCC(N(C)C)C1)C(=O)O. The number of carboxylic acid groups (broad SMARTS) is 1. The lowest BCUT2D eigenvalue weighted by Crippen LogP contribution is -2.55. The molecule has 2 N–H and O–H groups in total. The van der Waals surface area contributed by atoms with E-state index in [-0.39, 0.29) is 6.03 Å². The molecular formula is C12H23N3O3. The summed E-state index contributed by atoms with van der Waals surface area (Å²) in [4.78, 5) is 26.9. The lowest BCUT2D eigenvalue weighted by molar-refractivity contribution is -0.143. The van der Waals surface area contributed by atoms with Crippen molar-refractivity contribution in [1.82, 2.24) is 15.1 Å². The number of urea groups is 1. The van der Waals surface area contributed by atoms with E-state index < -0.39 is 11.5 Å². The van der Waals surface area contributed by atoms with Crippen LogP contribution in [0.1, 0.15) is 26.7 Å². The van der Waals surface area contributed by atoms with Crippen molar-refractivity contribution in [3.05, 3.63) is 0 Å². The molecule has 1 fully saturated rings. The highest BCUT2D eigenvalue weighted by Gasteiger charge is 2.36. The number of nitrogens with one attached hydrogen (secondary N) is 1. The molecule has 1 heterocycles. The fraction of sp³-hybridized carbons (Fsp3) is 0.833. The summed E-state index contributed by atoms with van der Waals surface area (Å²) in [6.45, 7) is 4.61. The van der Waals surface area contributed by atoms with Crippen LogP contribution in [-0.4, -0.2) is 65.7 Å². The van der Waals surface area contributed by atoms with E-state index in [2.05, 4.69) is 10.2 Å². The number of nitrogens with zero attached hydrogens (tertiary/aromatic N) is 2. The molecule has 0 aromatic carbocycles. The van der Waals surface area contributed by atoms with Gasteiger partial charge in [-0.25, -0.2) is 9.59 Å². The number of hydrogen-bond donors (Lipinski definition) is 2. The predicted molar refractivity (Wildman–Crippen MR) is 68.5 cm³/mol. The Morgan fingerprint density at radius 3 is 2.50 bits per heavy atom. The molecule has 1 saturated heterocycles. The normalized spacial score (nSPS) is 22.9. The van der Waals surface area contributed by atoms with Gasteiger partial charge in [-0.15, -0.1) is 0 Å². The first-order chi connectivity index (χ1) is 8.30. The highest BCUT2D eigenvalue weighted by molar-refractivity contribution is 5.85. The molecule has 0 spiro atoms. The van der Waals surface area contributed by atoms with E-state index in [0.717, 1.165) is 6.42 Å². The van der Waals surface area contributed by atoms with Crippen molar-refractivity contribution in [2.75, 3.05) is 27.2 Å². The third kappa shape index (κ3) is 3.13. The van der Waals surface area contributed by atoms with Crippen LogP contribution in [0.5, 0.6) is 0 Å². The van der Waals surface area contributed by atoms with E-state index >= 15 is 0 Å². The Labute approximate surface area is 108 Å². The number of carbonyl (C=O) groups excluding carboxylic acids is 1. The Balaban J connectivity index is 2.59. The Hall–Kier alpha value is -1.30. The molecule has 1 rings (SSSR count). The van der Waals surface area contributed by atoms with Gasteiger partial charge in [0.2, 0.25) is 0 Å². The number of likely N-dealkylation sites (N-methyl/N-ethyl adjacent to an activating group) is 1. The zero-order valence-electron chi connectivity index (χ0n) is 11.6. The Kier molecular flexibility index (Phi) is 4.56. The highest BCUT2D eigenvalue weighted by atomic mass is 16.4. The number of amides is 2. The summed E-state index contributed by atoms with van der Waals surface area (Å²) in [6, 6.07) is 0.0690. The minimum Gasteiger partial charge on any atom is -0.480 e. The third-order valence-corrected chi connectivity index (χ3v) is 3.74. The first-order valence-corrected chi connectivity index (χ1v) is 6.27. The molecule has 6 heteroatoms. The molecule has 2 atom stereocenters. The number of aliphatic carboxylic acids is 1. The summed E-state index contributed by atoms with van der Waals surface area (Å²) in [5.41, 5.74) is -1.19. The highest BCUT2D eigenvalue weighted by Crippen LogP contribution is 2.15. The van der Waals surface area contributed by atoms with Crippen LogP contribution >= 0.6 is 0 Å². The molecule has 1 aliphatic rings. The zero-order valence-corrected chi connectivity index (χ0v) is 11.6. The van der Waals surface area contributed by atoms with Crippen molar-refractivity contribution in [1.29, 1.82) is 0 Å². The van der Waals surface area contributed by atoms with Crippen molar-refractivity contribution in [2.24, 2.45) is 0 Å². The minimum atomic E-state index is -1.19. The third-order valence-electron chi connectivity index (χ3n) is 3.74. The molecule has 0 bridgehead atoms.